The maximum absolute atomic E-state index is 12.6. The molecule has 0 fully saturated rings. The van der Waals surface area contributed by atoms with Crippen LogP contribution in [-0.4, -0.2) is 34.4 Å². The molecule has 2 aromatic heterocycles. The Morgan fingerprint density at radius 2 is 1.97 bits per heavy atom. The van der Waals surface area contributed by atoms with Crippen LogP contribution in [0.2, 0.25) is 0 Å². The van der Waals surface area contributed by atoms with Gasteiger partial charge in [0.25, 0.3) is 5.91 Å². The number of ether oxygens (including phenoxy) is 2. The van der Waals surface area contributed by atoms with Crippen LogP contribution in [-0.2, 0) is 16.2 Å². The summed E-state index contributed by atoms with van der Waals surface area (Å²) in [4.78, 5) is 30.8. The summed E-state index contributed by atoms with van der Waals surface area (Å²) in [6.45, 7) is 0.111. The Balaban J connectivity index is 1.23. The molecule has 1 aliphatic heterocycles. The summed E-state index contributed by atoms with van der Waals surface area (Å²) in [7, 11) is 0. The van der Waals surface area contributed by atoms with Crippen LogP contribution in [0.1, 0.15) is 5.69 Å². The summed E-state index contributed by atoms with van der Waals surface area (Å²) >= 11 is 0. The summed E-state index contributed by atoms with van der Waals surface area (Å²) in [5.41, 5.74) is 2.82. The molecule has 0 radical (unpaired) electrons. The number of amides is 2. The monoisotopic (exact) mass is 428 g/mol. The quantitative estimate of drug-likeness (QED) is 0.510. The summed E-state index contributed by atoms with van der Waals surface area (Å²) in [6, 6.07) is 20.1. The van der Waals surface area contributed by atoms with Crippen molar-refractivity contribution >= 4 is 28.8 Å². The number of carbonyl (C=O) groups excluding carboxylic acids is 2. The van der Waals surface area contributed by atoms with Crippen LogP contribution >= 0.6 is 0 Å². The van der Waals surface area contributed by atoms with Crippen molar-refractivity contribution in [3.05, 3.63) is 84.8 Å². The van der Waals surface area contributed by atoms with Crippen molar-refractivity contribution in [1.82, 2.24) is 9.38 Å². The minimum atomic E-state index is -0.312. The molecule has 32 heavy (non-hydrogen) atoms. The van der Waals surface area contributed by atoms with Crippen LogP contribution in [0, 0.1) is 0 Å². The van der Waals surface area contributed by atoms with Crippen LogP contribution in [0.4, 0.5) is 11.4 Å². The molecule has 2 aromatic carbocycles. The van der Waals surface area contributed by atoms with Crippen LogP contribution in [0.25, 0.3) is 5.65 Å². The highest BCUT2D eigenvalue weighted by Crippen LogP contribution is 2.31. The van der Waals surface area contributed by atoms with Gasteiger partial charge in [0.1, 0.15) is 30.3 Å². The maximum atomic E-state index is 12.6. The zero-order valence-corrected chi connectivity index (χ0v) is 17.1. The third kappa shape index (κ3) is 4.11. The maximum Gasteiger partial charge on any atom is 0.265 e. The van der Waals surface area contributed by atoms with Gasteiger partial charge in [0.2, 0.25) is 5.91 Å². The van der Waals surface area contributed by atoms with E-state index >= 15 is 0 Å². The Kier molecular flexibility index (Phi) is 5.17. The molecule has 1 aliphatic rings. The number of para-hydroxylation sites is 2. The molecule has 2 amide bonds. The Hall–Kier alpha value is -4.33. The van der Waals surface area contributed by atoms with Gasteiger partial charge in [-0.2, -0.15) is 0 Å². The Labute approximate surface area is 184 Å². The molecule has 0 saturated carbocycles. The fourth-order valence-corrected chi connectivity index (χ4v) is 3.55. The standard InChI is InChI=1S/C24H20N4O4/c29-23(14-28-20-8-1-2-9-21(20)32-16-24(28)30)26-17-6-5-7-19(12-17)31-15-18-13-27-11-4-3-10-22(27)25-18/h1-13H,14-16H2,(H,26,29). The lowest BCUT2D eigenvalue weighted by Gasteiger charge is -2.28. The van der Waals surface area contributed by atoms with E-state index in [2.05, 4.69) is 10.3 Å². The van der Waals surface area contributed by atoms with Gasteiger partial charge in [0.15, 0.2) is 6.61 Å². The lowest BCUT2D eigenvalue weighted by Crippen LogP contribution is -2.43. The van der Waals surface area contributed by atoms with Crippen molar-refractivity contribution in [1.29, 1.82) is 0 Å². The van der Waals surface area contributed by atoms with E-state index in [1.807, 2.05) is 47.1 Å². The lowest BCUT2D eigenvalue weighted by molar-refractivity contribution is -0.123. The number of pyridine rings is 1. The van der Waals surface area contributed by atoms with Crippen LogP contribution < -0.4 is 19.7 Å². The molecular formula is C24H20N4O4. The first kappa shape index (κ1) is 19.6. The number of nitrogens with zero attached hydrogens (tertiary/aromatic N) is 3. The van der Waals surface area contributed by atoms with Gasteiger partial charge in [-0.25, -0.2) is 4.98 Å². The van der Waals surface area contributed by atoms with Gasteiger partial charge in [-0.3, -0.25) is 14.5 Å². The number of carbonyl (C=O) groups is 2. The van der Waals surface area contributed by atoms with Crippen molar-refractivity contribution in [3.8, 4) is 11.5 Å². The van der Waals surface area contributed by atoms with E-state index in [1.54, 1.807) is 36.4 Å². The summed E-state index contributed by atoms with van der Waals surface area (Å²) < 4.78 is 13.2. The highest BCUT2D eigenvalue weighted by atomic mass is 16.5. The highest BCUT2D eigenvalue weighted by Gasteiger charge is 2.26. The normalized spacial score (nSPS) is 12.9. The Bertz CT molecular complexity index is 1270. The second kappa shape index (κ2) is 8.43. The van der Waals surface area contributed by atoms with Crippen molar-refractivity contribution in [2.75, 3.05) is 23.4 Å². The van der Waals surface area contributed by atoms with Gasteiger partial charge >= 0.3 is 0 Å². The number of fused-ring (bicyclic) bond motifs is 2. The van der Waals surface area contributed by atoms with Gasteiger partial charge in [-0.1, -0.05) is 24.3 Å². The molecule has 8 heteroatoms. The molecule has 8 nitrogen and oxygen atoms in total. The van der Waals surface area contributed by atoms with Crippen molar-refractivity contribution in [2.24, 2.45) is 0 Å². The predicted octanol–water partition coefficient (Wildman–Crippen LogP) is 3.28. The second-order valence-electron chi connectivity index (χ2n) is 7.30. The number of hydrogen-bond acceptors (Lipinski definition) is 5. The minimum absolute atomic E-state index is 0.0866. The molecule has 0 bridgehead atoms. The van der Waals surface area contributed by atoms with E-state index in [1.165, 1.54) is 4.90 Å². The molecule has 0 spiro atoms. The van der Waals surface area contributed by atoms with E-state index in [-0.39, 0.29) is 25.0 Å². The third-order valence-corrected chi connectivity index (χ3v) is 5.03. The van der Waals surface area contributed by atoms with Gasteiger partial charge in [-0.15, -0.1) is 0 Å². The number of aromatic nitrogens is 2. The van der Waals surface area contributed by atoms with E-state index in [4.69, 9.17) is 9.47 Å². The molecule has 0 aliphatic carbocycles. The Morgan fingerprint density at radius 1 is 1.09 bits per heavy atom. The molecule has 4 aromatic rings. The van der Waals surface area contributed by atoms with E-state index < -0.39 is 0 Å². The van der Waals surface area contributed by atoms with Crippen molar-refractivity contribution < 1.29 is 19.1 Å². The van der Waals surface area contributed by atoms with Crippen LogP contribution in [0.5, 0.6) is 11.5 Å². The Morgan fingerprint density at radius 3 is 2.88 bits per heavy atom. The van der Waals surface area contributed by atoms with E-state index in [9.17, 15) is 9.59 Å². The average molecular weight is 428 g/mol. The van der Waals surface area contributed by atoms with E-state index in [0.717, 1.165) is 11.3 Å². The summed E-state index contributed by atoms with van der Waals surface area (Å²) in [5, 5.41) is 2.83. The molecule has 5 rings (SSSR count). The summed E-state index contributed by atoms with van der Waals surface area (Å²) in [5.74, 6) is 0.617. The first-order chi connectivity index (χ1) is 15.7. The van der Waals surface area contributed by atoms with E-state index in [0.29, 0.717) is 29.5 Å². The smallest absolute Gasteiger partial charge is 0.265 e. The van der Waals surface area contributed by atoms with Gasteiger partial charge in [0.05, 0.1) is 11.4 Å². The zero-order valence-electron chi connectivity index (χ0n) is 17.1. The number of hydrogen-bond donors (Lipinski definition) is 1. The summed E-state index contributed by atoms with van der Waals surface area (Å²) in [6.07, 6.45) is 3.84. The molecule has 0 saturated heterocycles. The fourth-order valence-electron chi connectivity index (χ4n) is 3.55. The fraction of sp³-hybridized carbons (Fsp3) is 0.125. The molecule has 3 heterocycles. The zero-order chi connectivity index (χ0) is 21.9. The SMILES string of the molecule is O=C(CN1C(=O)COc2ccccc21)Nc1cccc(OCc2cn3ccccc3n2)c1. The predicted molar refractivity (Wildman–Crippen MR) is 119 cm³/mol. The number of rotatable bonds is 6. The van der Waals surface area contributed by atoms with Gasteiger partial charge in [0, 0.05) is 24.1 Å². The molecule has 1 N–H and O–H groups in total. The van der Waals surface area contributed by atoms with Crippen LogP contribution in [0.3, 0.4) is 0 Å². The van der Waals surface area contributed by atoms with Gasteiger partial charge < -0.3 is 19.2 Å². The number of benzene rings is 2. The minimum Gasteiger partial charge on any atom is -0.487 e. The molecular weight excluding hydrogens is 408 g/mol. The topological polar surface area (TPSA) is 85.2 Å². The van der Waals surface area contributed by atoms with Crippen molar-refractivity contribution in [2.45, 2.75) is 6.61 Å². The van der Waals surface area contributed by atoms with Crippen LogP contribution in [0.15, 0.2) is 79.1 Å². The first-order valence-corrected chi connectivity index (χ1v) is 10.1. The molecule has 160 valence electrons. The average Bonchev–Trinajstić information content (AvgIpc) is 3.23. The lowest BCUT2D eigenvalue weighted by atomic mass is 10.2. The number of imidazole rings is 1. The highest BCUT2D eigenvalue weighted by molar-refractivity contribution is 6.05. The first-order valence-electron chi connectivity index (χ1n) is 10.1. The van der Waals surface area contributed by atoms with Gasteiger partial charge in [-0.05, 0) is 36.4 Å². The largest absolute Gasteiger partial charge is 0.487 e. The van der Waals surface area contributed by atoms with Crippen molar-refractivity contribution in [3.63, 3.8) is 0 Å². The molecule has 0 atom stereocenters. The third-order valence-electron chi connectivity index (χ3n) is 5.03. The number of anilines is 2. The second-order valence-corrected chi connectivity index (χ2v) is 7.30. The molecule has 0 unspecified atom stereocenters. The number of nitrogens with one attached hydrogen (secondary N) is 1.